The van der Waals surface area contributed by atoms with Crippen molar-refractivity contribution in [2.24, 2.45) is 0 Å². The minimum atomic E-state index is -4.80. The van der Waals surface area contributed by atoms with Gasteiger partial charge in [0.2, 0.25) is 29.5 Å². The van der Waals surface area contributed by atoms with E-state index >= 15 is 0 Å². The van der Waals surface area contributed by atoms with Gasteiger partial charge in [-0.3, -0.25) is 81.1 Å². The number of rotatable bonds is 60. The highest BCUT2D eigenvalue weighted by Gasteiger charge is 2.36. The molecule has 0 bridgehead atoms. The maximum Gasteiger partial charge on any atom is 0.317 e. The zero-order valence-electron chi connectivity index (χ0n) is 58.7. The number of nitrogens with zero attached hydrogens (tertiary/aromatic N) is 5. The topological polar surface area (TPSA) is 675 Å². The van der Waals surface area contributed by atoms with Crippen molar-refractivity contribution >= 4 is 95.7 Å². The summed E-state index contributed by atoms with van der Waals surface area (Å²) in [4.78, 5) is 131. The molecule has 0 saturated heterocycles. The van der Waals surface area contributed by atoms with Crippen LogP contribution in [0.3, 0.4) is 0 Å². The molecule has 0 aliphatic heterocycles. The van der Waals surface area contributed by atoms with Crippen LogP contribution < -0.4 is 21.3 Å². The molecule has 0 aromatic rings. The Hall–Kier alpha value is -6.62. The molecule has 0 aliphatic rings. The SMILES string of the molecule is CCC(O)CN(CCNC(=O)C(CS(=O)(=O)O)N(CC(=O)O)CC(=O)O)C(C)=O.CCC(O)COCCCCOCC(O)CN(CCNC(=O)C(CS(=O)(=O)O)N(CC(=O)O)CC(=O)O)C(C)=O.CCC(O)COCCCCOCC(O)CNCCNC(=O)C(CS(=O)(=O)O)N(CC(=O)O)CC(=O)O. The average molecular weight is 1570 g/mol. The number of amides is 5. The van der Waals surface area contributed by atoms with Crippen LogP contribution in [0, 0.1) is 0 Å². The number of hydrogen-bond donors (Lipinski definition) is 18. The van der Waals surface area contributed by atoms with Gasteiger partial charge in [-0.25, -0.2) is 0 Å². The molecule has 8 unspecified atom stereocenters. The fourth-order valence-electron chi connectivity index (χ4n) is 8.47. The van der Waals surface area contributed by atoms with Crippen LogP contribution in [-0.2, 0) is 102 Å². The highest BCUT2D eigenvalue weighted by molar-refractivity contribution is 7.86. The molecule has 0 aromatic carbocycles. The Labute approximate surface area is 602 Å². The fraction of sp³-hybridized carbons (Fsp3) is 0.807. The predicted octanol–water partition coefficient (Wildman–Crippen LogP) is -7.56. The maximum atomic E-state index is 12.6. The molecule has 8 atom stereocenters. The van der Waals surface area contributed by atoms with E-state index in [0.717, 1.165) is 12.8 Å². The number of aliphatic hydroxyl groups excluding tert-OH is 5. The van der Waals surface area contributed by atoms with Gasteiger partial charge in [-0.2, -0.15) is 25.3 Å². The van der Waals surface area contributed by atoms with E-state index in [2.05, 4.69) is 21.3 Å². The molecular formula is C57H107N9O35S3. The summed E-state index contributed by atoms with van der Waals surface area (Å²) >= 11 is 0. The van der Waals surface area contributed by atoms with Crippen LogP contribution in [0.15, 0.2) is 0 Å². The van der Waals surface area contributed by atoms with Gasteiger partial charge in [0.15, 0.2) is 0 Å². The summed E-state index contributed by atoms with van der Waals surface area (Å²) in [5.41, 5.74) is 0. The van der Waals surface area contributed by atoms with Gasteiger partial charge in [0.05, 0.1) is 113 Å². The second-order valence-corrected chi connectivity index (χ2v) is 27.6. The zero-order chi connectivity index (χ0) is 80.3. The lowest BCUT2D eigenvalue weighted by Crippen LogP contribution is -2.54. The number of carboxylic acid groups (broad SMARTS) is 6. The molecule has 0 fully saturated rings. The van der Waals surface area contributed by atoms with Gasteiger partial charge >= 0.3 is 35.8 Å². The summed E-state index contributed by atoms with van der Waals surface area (Å²) in [6.07, 6.45) is 0.860. The number of aliphatic carboxylic acids is 6. The van der Waals surface area contributed by atoms with Gasteiger partial charge in [0.25, 0.3) is 30.4 Å². The Kier molecular flexibility index (Phi) is 55.3. The molecule has 0 saturated carbocycles. The third kappa shape index (κ3) is 58.6. The molecule has 104 heavy (non-hydrogen) atoms. The Morgan fingerprint density at radius 2 is 0.615 bits per heavy atom. The van der Waals surface area contributed by atoms with Crippen molar-refractivity contribution in [1.82, 2.24) is 45.8 Å². The van der Waals surface area contributed by atoms with Crippen molar-refractivity contribution in [2.45, 2.75) is 128 Å². The molecule has 0 spiro atoms. The summed E-state index contributed by atoms with van der Waals surface area (Å²) in [6, 6.07) is -5.36. The van der Waals surface area contributed by atoms with Crippen molar-refractivity contribution < 1.29 is 167 Å². The molecule has 0 aliphatic carbocycles. The monoisotopic (exact) mass is 1570 g/mol. The van der Waals surface area contributed by atoms with Crippen LogP contribution >= 0.6 is 0 Å². The van der Waals surface area contributed by atoms with Crippen molar-refractivity contribution in [3.05, 3.63) is 0 Å². The predicted molar refractivity (Wildman–Crippen MR) is 360 cm³/mol. The van der Waals surface area contributed by atoms with Crippen molar-refractivity contribution in [3.8, 4) is 0 Å². The van der Waals surface area contributed by atoms with E-state index in [1.54, 1.807) is 6.92 Å². The molecule has 5 amide bonds. The molecule has 0 aromatic heterocycles. The zero-order valence-corrected chi connectivity index (χ0v) is 61.2. The number of unbranched alkanes of at least 4 members (excludes halogenated alkanes) is 2. The minimum Gasteiger partial charge on any atom is -0.480 e. The highest BCUT2D eigenvalue weighted by Crippen LogP contribution is 2.09. The van der Waals surface area contributed by atoms with Crippen LogP contribution in [0.5, 0.6) is 0 Å². The minimum absolute atomic E-state index is 0.0142. The Bertz CT molecular complexity index is 2880. The van der Waals surface area contributed by atoms with Crippen LogP contribution in [0.25, 0.3) is 0 Å². The summed E-state index contributed by atoms with van der Waals surface area (Å²) in [7, 11) is -14.3. The van der Waals surface area contributed by atoms with E-state index in [-0.39, 0.29) is 84.6 Å². The average Bonchev–Trinajstić information content (AvgIpc) is 0.864. The Balaban J connectivity index is -0.00000149. The standard InChI is InChI=1S/C22H41N3O13S.C20H39N3O12S.C15H27N3O10S/c1-3-17(27)13-37-8-4-5-9-38-14-18(28)10-24(16(2)26)7-6-23-22(33)19(15-39(34,35)36)25(11-20(29)30)12-21(31)32;1-2-15(24)12-34-7-3-4-8-35-13-16(25)9-21-5-6-22-20(30)17(14-36(31,32)33)23(10-18(26)27)11-19(28)29;1-3-11(20)6-17(10(2)19)5-4-16-15(25)12(9-29(26,27)28)18(7-13(21)22)8-14(23)24/h17-19,27-28H,3-15H2,1-2H3,(H,23,33)(H,29,30)(H,31,32)(H,34,35,36);15-17,21,24-25H,2-14H2,1H3,(H,22,30)(H,26,27)(H,28,29)(H,31,32,33);11-12,20H,3-9H2,1-2H3,(H,16,25)(H,21,22)(H,23,24)(H,26,27,28). The number of nitrogens with one attached hydrogen (secondary N) is 4. The highest BCUT2D eigenvalue weighted by atomic mass is 32.2. The second kappa shape index (κ2) is 56.7. The van der Waals surface area contributed by atoms with Crippen molar-refractivity contribution in [3.63, 3.8) is 0 Å². The first-order valence-electron chi connectivity index (χ1n) is 32.4. The Morgan fingerprint density at radius 1 is 0.365 bits per heavy atom. The van der Waals surface area contributed by atoms with Gasteiger partial charge in [-0.05, 0) is 44.9 Å². The number of hydrogen-bond acceptors (Lipinski definition) is 30. The largest absolute Gasteiger partial charge is 0.480 e. The quantitative estimate of drug-likeness (QED) is 0.0199. The van der Waals surface area contributed by atoms with E-state index in [1.165, 1.54) is 23.6 Å². The van der Waals surface area contributed by atoms with Crippen molar-refractivity contribution in [1.29, 1.82) is 0 Å². The molecule has 0 heterocycles. The first kappa shape index (κ1) is 102. The molecule has 47 heteroatoms. The fourth-order valence-corrected chi connectivity index (χ4v) is 10.8. The van der Waals surface area contributed by atoms with E-state index in [4.69, 9.17) is 58.7 Å². The third-order valence-electron chi connectivity index (χ3n) is 13.8. The lowest BCUT2D eigenvalue weighted by atomic mass is 10.2. The molecule has 608 valence electrons. The Morgan fingerprint density at radius 3 is 0.865 bits per heavy atom. The number of aliphatic hydroxyl groups is 5. The number of carbonyl (C=O) groups excluding carboxylic acids is 5. The first-order chi connectivity index (χ1) is 48.3. The lowest BCUT2D eigenvalue weighted by molar-refractivity contribution is -0.146. The van der Waals surface area contributed by atoms with Gasteiger partial charge in [0, 0.05) is 99.2 Å². The first-order valence-corrected chi connectivity index (χ1v) is 37.2. The van der Waals surface area contributed by atoms with Gasteiger partial charge in [-0.1, -0.05) is 20.8 Å². The summed E-state index contributed by atoms with van der Waals surface area (Å²) < 4.78 is 116. The second-order valence-electron chi connectivity index (χ2n) is 23.1. The summed E-state index contributed by atoms with van der Waals surface area (Å²) in [5, 5.41) is 112. The van der Waals surface area contributed by atoms with Crippen LogP contribution in [-0.4, -0.2) is 402 Å². The molecule has 18 N–H and O–H groups in total. The van der Waals surface area contributed by atoms with Gasteiger partial charge in [0.1, 0.15) is 18.1 Å². The van der Waals surface area contributed by atoms with Gasteiger partial charge in [-0.15, -0.1) is 0 Å². The van der Waals surface area contributed by atoms with Crippen LogP contribution in [0.2, 0.25) is 0 Å². The van der Waals surface area contributed by atoms with Crippen LogP contribution in [0.1, 0.15) is 79.6 Å². The summed E-state index contributed by atoms with van der Waals surface area (Å²) in [5.74, 6) is -16.6. The number of carboxylic acids is 6. The van der Waals surface area contributed by atoms with Crippen LogP contribution in [0.4, 0.5) is 0 Å². The molecular weight excluding hydrogens is 1470 g/mol. The number of carbonyl (C=O) groups is 11. The van der Waals surface area contributed by atoms with Gasteiger partial charge < -0.3 is 106 Å². The molecule has 0 rings (SSSR count). The maximum absolute atomic E-state index is 12.6. The molecule has 0 radical (unpaired) electrons. The molecule has 44 nitrogen and oxygen atoms in total. The number of ether oxygens (including phenoxy) is 4. The van der Waals surface area contributed by atoms with E-state index < -0.39 is 195 Å². The summed E-state index contributed by atoms with van der Waals surface area (Å²) in [6.45, 7) is 4.01. The van der Waals surface area contributed by atoms with E-state index in [0.29, 0.717) is 79.8 Å². The third-order valence-corrected chi connectivity index (χ3v) is 16.0. The van der Waals surface area contributed by atoms with E-state index in [9.17, 15) is 108 Å². The van der Waals surface area contributed by atoms with Crippen molar-refractivity contribution in [2.75, 3.05) is 168 Å². The lowest BCUT2D eigenvalue weighted by Gasteiger charge is -2.28. The van der Waals surface area contributed by atoms with E-state index in [1.807, 2.05) is 13.8 Å². The normalized spacial score (nSPS) is 14.0. The smallest absolute Gasteiger partial charge is 0.317 e.